The first kappa shape index (κ1) is 31.5. The quantitative estimate of drug-likeness (QED) is 0.183. The Bertz CT molecular complexity index is 1540. The molecule has 1 aliphatic heterocycles. The van der Waals surface area contributed by atoms with E-state index in [0.717, 1.165) is 12.3 Å². The predicted molar refractivity (Wildman–Crippen MR) is 146 cm³/mol. The molecular formula is C26H31F2N4O9P. The monoisotopic (exact) mass is 612 g/mol. The number of aromatic nitrogens is 2. The summed E-state index contributed by atoms with van der Waals surface area (Å²) >= 11 is 0. The molecule has 4 rings (SSSR count). The Morgan fingerprint density at radius 1 is 1.19 bits per heavy atom. The number of alkyl halides is 2. The average Bonchev–Trinajstić information content (AvgIpc) is 3.18. The highest BCUT2D eigenvalue weighted by Crippen LogP contribution is 2.50. The molecule has 3 aromatic rings. The second kappa shape index (κ2) is 12.4. The van der Waals surface area contributed by atoms with Crippen LogP contribution in [0.3, 0.4) is 0 Å². The molecule has 0 spiro atoms. The number of ether oxygens (including phenoxy) is 2. The highest BCUT2D eigenvalue weighted by Gasteiger charge is 2.61. The van der Waals surface area contributed by atoms with Crippen molar-refractivity contribution in [3.63, 3.8) is 0 Å². The first-order valence-corrected chi connectivity index (χ1v) is 14.4. The molecule has 42 heavy (non-hydrogen) atoms. The minimum atomic E-state index is -4.74. The molecule has 0 aliphatic carbocycles. The summed E-state index contributed by atoms with van der Waals surface area (Å²) in [4.78, 5) is 28.3. The van der Waals surface area contributed by atoms with E-state index >= 15 is 0 Å². The van der Waals surface area contributed by atoms with Gasteiger partial charge in [0.05, 0.1) is 12.7 Å². The molecule has 6 unspecified atom stereocenters. The lowest BCUT2D eigenvalue weighted by Gasteiger charge is -2.32. The largest absolute Gasteiger partial charge is 0.462 e. The predicted octanol–water partition coefficient (Wildman–Crippen LogP) is 2.37. The molecule has 0 amide bonds. The van der Waals surface area contributed by atoms with Crippen molar-refractivity contribution in [2.24, 2.45) is 0 Å². The van der Waals surface area contributed by atoms with Crippen molar-refractivity contribution in [2.75, 3.05) is 12.3 Å². The number of aliphatic hydroxyl groups is 2. The number of aliphatic hydroxyl groups excluding tert-OH is 2. The minimum absolute atomic E-state index is 0.0322. The van der Waals surface area contributed by atoms with E-state index in [9.17, 15) is 33.1 Å². The smallest absolute Gasteiger partial charge is 0.459 e. The number of rotatable bonds is 11. The Balaban J connectivity index is 1.67. The van der Waals surface area contributed by atoms with Crippen LogP contribution in [0.15, 0.2) is 59.5 Å². The Morgan fingerprint density at radius 3 is 2.55 bits per heavy atom. The Kier molecular flexibility index (Phi) is 9.30. The summed E-state index contributed by atoms with van der Waals surface area (Å²) in [5.41, 5.74) is 1.43. The maximum absolute atomic E-state index is 14.6. The highest BCUT2D eigenvalue weighted by atomic mass is 31.2. The fraction of sp³-hybridized carbons (Fsp3) is 0.423. The highest BCUT2D eigenvalue weighted by molar-refractivity contribution is 7.52. The third kappa shape index (κ3) is 6.46. The molecule has 1 saturated heterocycles. The molecule has 0 bridgehead atoms. The van der Waals surface area contributed by atoms with Gasteiger partial charge in [-0.25, -0.2) is 18.1 Å². The maximum atomic E-state index is 14.6. The standard InChI is InChI=1S/C26H31F2N4O9P/c1-14(2)39-23(35)15(3)31-42(37,41-18-10-6-8-16-7-4-5-9-17(16)18)38-13-26(24(27)28)21(34)20(33)22(40-26)32-12-11-19(29)30-25(32)36/h4-12,14-15,20-22,24,33-34H,13H2,1-3H3,(H,31,37)(H2,29,30,36). The molecule has 13 nitrogen and oxygen atoms in total. The van der Waals surface area contributed by atoms with Crippen molar-refractivity contribution >= 4 is 30.3 Å². The van der Waals surface area contributed by atoms with Crippen molar-refractivity contribution in [1.29, 1.82) is 0 Å². The van der Waals surface area contributed by atoms with Crippen LogP contribution in [0.4, 0.5) is 14.6 Å². The van der Waals surface area contributed by atoms with Crippen LogP contribution in [0.5, 0.6) is 5.75 Å². The molecule has 0 radical (unpaired) electrons. The second-order valence-electron chi connectivity index (χ2n) is 9.92. The number of benzene rings is 2. The number of nitrogens with zero attached hydrogens (tertiary/aromatic N) is 2. The number of nitrogens with one attached hydrogen (secondary N) is 1. The number of fused-ring (bicyclic) bond motifs is 1. The Labute approximate surface area is 238 Å². The molecule has 1 fully saturated rings. The van der Waals surface area contributed by atoms with Crippen molar-refractivity contribution in [3.05, 3.63) is 65.2 Å². The molecule has 1 aliphatic rings. The zero-order chi connectivity index (χ0) is 30.8. The summed E-state index contributed by atoms with van der Waals surface area (Å²) in [6.07, 6.45) is -9.22. The van der Waals surface area contributed by atoms with Gasteiger partial charge in [-0.15, -0.1) is 0 Å². The second-order valence-corrected chi connectivity index (χ2v) is 11.6. The number of hydrogen-bond acceptors (Lipinski definition) is 11. The van der Waals surface area contributed by atoms with Gasteiger partial charge in [-0.2, -0.15) is 10.1 Å². The zero-order valence-electron chi connectivity index (χ0n) is 22.8. The summed E-state index contributed by atoms with van der Waals surface area (Å²) in [7, 11) is -4.74. The molecule has 16 heteroatoms. The third-order valence-corrected chi connectivity index (χ3v) is 8.05. The van der Waals surface area contributed by atoms with Crippen LogP contribution in [0.1, 0.15) is 27.0 Å². The number of carbonyl (C=O) groups excluding carboxylic acids is 1. The molecular weight excluding hydrogens is 581 g/mol. The van der Waals surface area contributed by atoms with E-state index in [2.05, 4.69) is 10.1 Å². The number of carbonyl (C=O) groups is 1. The number of esters is 1. The molecule has 2 heterocycles. The number of halogens is 2. The van der Waals surface area contributed by atoms with Crippen molar-refractivity contribution in [1.82, 2.24) is 14.6 Å². The van der Waals surface area contributed by atoms with Crippen LogP contribution in [-0.4, -0.2) is 68.7 Å². The molecule has 2 aromatic carbocycles. The van der Waals surface area contributed by atoms with Gasteiger partial charge in [0.25, 0.3) is 6.43 Å². The molecule has 1 aromatic heterocycles. The number of nitrogens with two attached hydrogens (primary N) is 1. The van der Waals surface area contributed by atoms with Crippen molar-refractivity contribution in [2.45, 2.75) is 63.4 Å². The van der Waals surface area contributed by atoms with Crippen LogP contribution < -0.4 is 21.0 Å². The van der Waals surface area contributed by atoms with Crippen LogP contribution in [0.2, 0.25) is 0 Å². The average molecular weight is 613 g/mol. The summed E-state index contributed by atoms with van der Waals surface area (Å²) < 4.78 is 65.6. The van der Waals surface area contributed by atoms with E-state index in [1.165, 1.54) is 13.0 Å². The van der Waals surface area contributed by atoms with Gasteiger partial charge in [0.15, 0.2) is 11.8 Å². The van der Waals surface area contributed by atoms with Gasteiger partial charge in [0, 0.05) is 11.6 Å². The molecule has 5 N–H and O–H groups in total. The number of hydrogen-bond donors (Lipinski definition) is 4. The number of anilines is 1. The number of nitrogen functional groups attached to an aromatic ring is 1. The van der Waals surface area contributed by atoms with Crippen LogP contribution in [0.25, 0.3) is 10.8 Å². The summed E-state index contributed by atoms with van der Waals surface area (Å²) in [6, 6.07) is 11.6. The summed E-state index contributed by atoms with van der Waals surface area (Å²) in [6.45, 7) is 3.19. The van der Waals surface area contributed by atoms with Gasteiger partial charge in [-0.3, -0.25) is 13.9 Å². The first-order chi connectivity index (χ1) is 19.8. The topological polar surface area (TPSA) is 184 Å². The fourth-order valence-electron chi connectivity index (χ4n) is 4.32. The third-order valence-electron chi connectivity index (χ3n) is 6.44. The molecule has 0 saturated carbocycles. The Hall–Kier alpha value is -3.46. The van der Waals surface area contributed by atoms with Gasteiger partial charge in [-0.05, 0) is 38.3 Å². The van der Waals surface area contributed by atoms with Crippen molar-refractivity contribution in [3.8, 4) is 5.75 Å². The van der Waals surface area contributed by atoms with E-state index < -0.39 is 68.6 Å². The van der Waals surface area contributed by atoms with Crippen LogP contribution in [0, 0.1) is 0 Å². The van der Waals surface area contributed by atoms with E-state index in [-0.39, 0.29) is 11.6 Å². The van der Waals surface area contributed by atoms with E-state index in [0.29, 0.717) is 15.3 Å². The normalized spacial score (nSPS) is 24.5. The van der Waals surface area contributed by atoms with E-state index in [1.807, 2.05) is 0 Å². The Morgan fingerprint density at radius 2 is 1.88 bits per heavy atom. The lowest BCUT2D eigenvalue weighted by Crippen LogP contribution is -2.53. The van der Waals surface area contributed by atoms with Crippen molar-refractivity contribution < 1.29 is 46.9 Å². The van der Waals surface area contributed by atoms with E-state index in [1.54, 1.807) is 50.2 Å². The van der Waals surface area contributed by atoms with Gasteiger partial charge in [0.1, 0.15) is 29.8 Å². The maximum Gasteiger partial charge on any atom is 0.459 e. The van der Waals surface area contributed by atoms with Gasteiger partial charge in [-0.1, -0.05) is 36.4 Å². The van der Waals surface area contributed by atoms with E-state index in [4.69, 9.17) is 24.3 Å². The fourth-order valence-corrected chi connectivity index (χ4v) is 5.87. The lowest BCUT2D eigenvalue weighted by atomic mass is 9.96. The lowest BCUT2D eigenvalue weighted by molar-refractivity contribution is -0.192. The summed E-state index contributed by atoms with van der Waals surface area (Å²) in [5.74, 6) is -0.970. The van der Waals surface area contributed by atoms with Crippen LogP contribution in [-0.2, 0) is 23.4 Å². The minimum Gasteiger partial charge on any atom is -0.462 e. The van der Waals surface area contributed by atoms with Crippen LogP contribution >= 0.6 is 7.75 Å². The molecule has 228 valence electrons. The molecule has 6 atom stereocenters. The van der Waals surface area contributed by atoms with Gasteiger partial charge < -0.3 is 29.9 Å². The summed E-state index contributed by atoms with van der Waals surface area (Å²) in [5, 5.41) is 24.9. The SMILES string of the molecule is CC(C)OC(=O)C(C)NP(=O)(OCC1(C(F)F)OC(n2ccc(N)nc2=O)C(O)C1O)Oc1cccc2ccccc12. The first-order valence-electron chi connectivity index (χ1n) is 12.8. The zero-order valence-corrected chi connectivity index (χ0v) is 23.7. The van der Waals surface area contributed by atoms with Gasteiger partial charge in [0.2, 0.25) is 0 Å². The van der Waals surface area contributed by atoms with Gasteiger partial charge >= 0.3 is 19.4 Å².